The summed E-state index contributed by atoms with van der Waals surface area (Å²) < 4.78 is 6.27. The molecule has 0 aromatic carbocycles. The van der Waals surface area contributed by atoms with Crippen molar-refractivity contribution in [3.05, 3.63) is 16.4 Å². The standard InChI is InChI=1S/C11H16N2O3/c1-8(14)4-2-3-7-13-10(9-5-6-9)12-16-11(13)15/h9H,2-7H2,1H3. The fourth-order valence-electron chi connectivity index (χ4n) is 1.76. The molecule has 1 heterocycles. The van der Waals surface area contributed by atoms with Gasteiger partial charge in [-0.15, -0.1) is 0 Å². The molecule has 0 radical (unpaired) electrons. The molecule has 0 aliphatic heterocycles. The van der Waals surface area contributed by atoms with Gasteiger partial charge >= 0.3 is 5.76 Å². The van der Waals surface area contributed by atoms with E-state index in [0.717, 1.165) is 31.5 Å². The van der Waals surface area contributed by atoms with E-state index in [2.05, 4.69) is 9.68 Å². The van der Waals surface area contributed by atoms with Gasteiger partial charge < -0.3 is 4.79 Å². The first-order valence-electron chi connectivity index (χ1n) is 5.74. The van der Waals surface area contributed by atoms with Crippen LogP contribution in [0.4, 0.5) is 0 Å². The maximum absolute atomic E-state index is 11.4. The first-order valence-corrected chi connectivity index (χ1v) is 5.74. The average Bonchev–Trinajstić information content (AvgIpc) is 3.00. The Morgan fingerprint density at radius 2 is 2.25 bits per heavy atom. The number of ketones is 1. The highest BCUT2D eigenvalue weighted by atomic mass is 16.5. The number of Topliss-reactive ketones (excluding diaryl/α,β-unsaturated/α-hetero) is 1. The zero-order valence-electron chi connectivity index (χ0n) is 9.44. The molecule has 1 fully saturated rings. The maximum atomic E-state index is 11.4. The topological polar surface area (TPSA) is 65.1 Å². The number of hydrogen-bond donors (Lipinski definition) is 0. The summed E-state index contributed by atoms with van der Waals surface area (Å²) in [4.78, 5) is 22.1. The molecular weight excluding hydrogens is 208 g/mol. The summed E-state index contributed by atoms with van der Waals surface area (Å²) in [6.45, 7) is 2.20. The van der Waals surface area contributed by atoms with Crippen LogP contribution in [0, 0.1) is 0 Å². The van der Waals surface area contributed by atoms with Crippen molar-refractivity contribution in [2.45, 2.75) is 51.5 Å². The van der Waals surface area contributed by atoms with Crippen LogP contribution in [0.1, 0.15) is 50.8 Å². The van der Waals surface area contributed by atoms with Crippen LogP contribution in [0.3, 0.4) is 0 Å². The molecule has 2 rings (SSSR count). The van der Waals surface area contributed by atoms with Gasteiger partial charge in [0.1, 0.15) is 5.78 Å². The Kier molecular flexibility index (Phi) is 3.22. The normalized spacial score (nSPS) is 15.3. The number of hydrogen-bond acceptors (Lipinski definition) is 4. The Morgan fingerprint density at radius 1 is 1.50 bits per heavy atom. The van der Waals surface area contributed by atoms with Gasteiger partial charge in [-0.1, -0.05) is 5.16 Å². The number of nitrogens with zero attached hydrogens (tertiary/aromatic N) is 2. The first-order chi connectivity index (χ1) is 7.68. The summed E-state index contributed by atoms with van der Waals surface area (Å²) in [7, 11) is 0. The minimum atomic E-state index is -0.371. The lowest BCUT2D eigenvalue weighted by Gasteiger charge is -2.02. The third kappa shape index (κ3) is 2.59. The third-order valence-electron chi connectivity index (χ3n) is 2.82. The molecule has 0 N–H and O–H groups in total. The van der Waals surface area contributed by atoms with Gasteiger partial charge in [0.05, 0.1) is 0 Å². The quantitative estimate of drug-likeness (QED) is 0.686. The summed E-state index contributed by atoms with van der Waals surface area (Å²) >= 11 is 0. The third-order valence-corrected chi connectivity index (χ3v) is 2.82. The lowest BCUT2D eigenvalue weighted by Crippen LogP contribution is -2.17. The van der Waals surface area contributed by atoms with E-state index in [9.17, 15) is 9.59 Å². The van der Waals surface area contributed by atoms with Gasteiger partial charge in [-0.3, -0.25) is 9.09 Å². The minimum absolute atomic E-state index is 0.195. The molecule has 1 saturated carbocycles. The van der Waals surface area contributed by atoms with Crippen LogP contribution in [-0.4, -0.2) is 15.5 Å². The summed E-state index contributed by atoms with van der Waals surface area (Å²) in [5.74, 6) is 1.02. The summed E-state index contributed by atoms with van der Waals surface area (Å²) in [5, 5.41) is 3.80. The Hall–Kier alpha value is -1.39. The van der Waals surface area contributed by atoms with E-state index in [1.807, 2.05) is 0 Å². The number of carbonyl (C=O) groups is 1. The molecule has 1 aliphatic carbocycles. The molecule has 0 atom stereocenters. The van der Waals surface area contributed by atoms with Crippen molar-refractivity contribution in [3.8, 4) is 0 Å². The highest BCUT2D eigenvalue weighted by Crippen LogP contribution is 2.38. The smallest absolute Gasteiger partial charge is 0.300 e. The van der Waals surface area contributed by atoms with Gasteiger partial charge in [0.15, 0.2) is 5.82 Å². The van der Waals surface area contributed by atoms with Crippen molar-refractivity contribution < 1.29 is 9.32 Å². The van der Waals surface area contributed by atoms with Crippen LogP contribution in [0.25, 0.3) is 0 Å². The highest BCUT2D eigenvalue weighted by molar-refractivity contribution is 5.75. The molecule has 1 aromatic heterocycles. The van der Waals surface area contributed by atoms with Crippen molar-refractivity contribution in [3.63, 3.8) is 0 Å². The van der Waals surface area contributed by atoms with Gasteiger partial charge in [0.2, 0.25) is 0 Å². The second kappa shape index (κ2) is 4.63. The van der Waals surface area contributed by atoms with Crippen LogP contribution in [0.15, 0.2) is 9.32 Å². The molecule has 88 valence electrons. The molecule has 5 nitrogen and oxygen atoms in total. The lowest BCUT2D eigenvalue weighted by atomic mass is 10.2. The molecule has 0 amide bonds. The van der Waals surface area contributed by atoms with Crippen molar-refractivity contribution in [1.82, 2.24) is 9.72 Å². The number of unbranched alkanes of at least 4 members (excludes halogenated alkanes) is 1. The number of carbonyl (C=O) groups excluding carboxylic acids is 1. The Labute approximate surface area is 93.4 Å². The van der Waals surface area contributed by atoms with Gasteiger partial charge in [0, 0.05) is 18.9 Å². The van der Waals surface area contributed by atoms with E-state index in [4.69, 9.17) is 0 Å². The van der Waals surface area contributed by atoms with Crippen LogP contribution in [0.5, 0.6) is 0 Å². The summed E-state index contributed by atoms with van der Waals surface area (Å²) in [5.41, 5.74) is 0. The lowest BCUT2D eigenvalue weighted by molar-refractivity contribution is -0.117. The summed E-state index contributed by atoms with van der Waals surface area (Å²) in [6, 6.07) is 0. The fourth-order valence-corrected chi connectivity index (χ4v) is 1.76. The van der Waals surface area contributed by atoms with Gasteiger partial charge in [-0.2, -0.15) is 0 Å². The number of rotatable bonds is 6. The minimum Gasteiger partial charge on any atom is -0.300 e. The van der Waals surface area contributed by atoms with Crippen LogP contribution in [-0.2, 0) is 11.3 Å². The van der Waals surface area contributed by atoms with E-state index in [1.165, 1.54) is 0 Å². The van der Waals surface area contributed by atoms with Crippen molar-refractivity contribution in [2.24, 2.45) is 0 Å². The maximum Gasteiger partial charge on any atom is 0.441 e. The van der Waals surface area contributed by atoms with Crippen molar-refractivity contribution in [1.29, 1.82) is 0 Å². The van der Waals surface area contributed by atoms with E-state index in [0.29, 0.717) is 18.9 Å². The molecule has 1 aromatic rings. The van der Waals surface area contributed by atoms with Gasteiger partial charge in [-0.05, 0) is 32.6 Å². The van der Waals surface area contributed by atoms with E-state index < -0.39 is 0 Å². The second-order valence-electron chi connectivity index (χ2n) is 4.39. The molecule has 16 heavy (non-hydrogen) atoms. The number of aromatic nitrogens is 2. The van der Waals surface area contributed by atoms with E-state index in [-0.39, 0.29) is 11.5 Å². The van der Waals surface area contributed by atoms with E-state index >= 15 is 0 Å². The Balaban J connectivity index is 1.90. The zero-order chi connectivity index (χ0) is 11.5. The molecule has 5 heteroatoms. The van der Waals surface area contributed by atoms with Crippen LogP contribution >= 0.6 is 0 Å². The molecule has 0 unspecified atom stereocenters. The molecule has 0 bridgehead atoms. The first kappa shape index (κ1) is 11.1. The monoisotopic (exact) mass is 224 g/mol. The largest absolute Gasteiger partial charge is 0.441 e. The second-order valence-corrected chi connectivity index (χ2v) is 4.39. The van der Waals surface area contributed by atoms with Crippen LogP contribution in [0.2, 0.25) is 0 Å². The molecular formula is C11H16N2O3. The average molecular weight is 224 g/mol. The predicted octanol–water partition coefficient (Wildman–Crippen LogP) is 1.47. The molecule has 1 aliphatic rings. The predicted molar refractivity (Wildman–Crippen MR) is 57.3 cm³/mol. The summed E-state index contributed by atoms with van der Waals surface area (Å²) in [6.07, 6.45) is 4.41. The SMILES string of the molecule is CC(=O)CCCCn1c(C2CC2)noc1=O. The highest BCUT2D eigenvalue weighted by Gasteiger charge is 2.30. The van der Waals surface area contributed by atoms with Gasteiger partial charge in [0.25, 0.3) is 0 Å². The van der Waals surface area contributed by atoms with Gasteiger partial charge in [-0.25, -0.2) is 4.79 Å². The van der Waals surface area contributed by atoms with Crippen molar-refractivity contribution in [2.75, 3.05) is 0 Å². The van der Waals surface area contributed by atoms with E-state index in [1.54, 1.807) is 11.5 Å². The Bertz CT molecular complexity index is 429. The van der Waals surface area contributed by atoms with Crippen LogP contribution < -0.4 is 5.76 Å². The fraction of sp³-hybridized carbons (Fsp3) is 0.727. The molecule has 0 saturated heterocycles. The zero-order valence-corrected chi connectivity index (χ0v) is 9.44. The Morgan fingerprint density at radius 3 is 2.88 bits per heavy atom. The molecule has 0 spiro atoms. The van der Waals surface area contributed by atoms with Crippen molar-refractivity contribution >= 4 is 5.78 Å².